The maximum atomic E-state index is 12.8. The second-order valence-electron chi connectivity index (χ2n) is 6.60. The molecule has 1 heterocycles. The largest absolute Gasteiger partial charge is 0.479 e. The fourth-order valence-electron chi connectivity index (χ4n) is 2.57. The number of rotatable bonds is 12. The lowest BCUT2D eigenvalue weighted by Gasteiger charge is -2.14. The van der Waals surface area contributed by atoms with Gasteiger partial charge in [0, 0.05) is 18.5 Å². The Hall–Kier alpha value is -2.17. The van der Waals surface area contributed by atoms with Crippen LogP contribution in [0, 0.1) is 0 Å². The van der Waals surface area contributed by atoms with Crippen molar-refractivity contribution in [3.05, 3.63) is 42.0 Å². The standard InChI is InChI=1S/C20H27F2N3O4S.ClH/c1-4-11-23-12-13-29-18-10-9-17(20(24-18)28-3)25-30(26,27)16-7-5-15(6-8-16)14(2)19(21)22;/h5-10,14,19,23,25H,4,11-13H2,1-3H3;1H/t14-;/m0./s1. The topological polar surface area (TPSA) is 89.6 Å². The summed E-state index contributed by atoms with van der Waals surface area (Å²) in [6.45, 7) is 5.41. The van der Waals surface area contributed by atoms with Crippen molar-refractivity contribution >= 4 is 28.1 Å². The Labute approximate surface area is 188 Å². The molecule has 2 rings (SSSR count). The number of benzene rings is 1. The number of nitrogens with one attached hydrogen (secondary N) is 2. The van der Waals surface area contributed by atoms with Crippen LogP contribution < -0.4 is 19.5 Å². The summed E-state index contributed by atoms with van der Waals surface area (Å²) in [4.78, 5) is 4.10. The summed E-state index contributed by atoms with van der Waals surface area (Å²) in [6, 6.07) is 8.36. The molecule has 7 nitrogen and oxygen atoms in total. The summed E-state index contributed by atoms with van der Waals surface area (Å²) >= 11 is 0. The molecule has 1 aromatic carbocycles. The highest BCUT2D eigenvalue weighted by atomic mass is 35.5. The molecule has 0 aliphatic heterocycles. The molecule has 11 heteroatoms. The van der Waals surface area contributed by atoms with Crippen LogP contribution >= 0.6 is 12.4 Å². The second kappa shape index (κ2) is 12.6. The number of anilines is 1. The highest BCUT2D eigenvalue weighted by Crippen LogP contribution is 2.28. The zero-order chi connectivity index (χ0) is 22.1. The van der Waals surface area contributed by atoms with Gasteiger partial charge in [0.1, 0.15) is 12.3 Å². The molecule has 0 aliphatic carbocycles. The van der Waals surface area contributed by atoms with Gasteiger partial charge >= 0.3 is 0 Å². The van der Waals surface area contributed by atoms with Gasteiger partial charge in [-0.15, -0.1) is 12.4 Å². The van der Waals surface area contributed by atoms with Gasteiger partial charge < -0.3 is 14.8 Å². The Kier molecular flexibility index (Phi) is 10.9. The van der Waals surface area contributed by atoms with Crippen molar-refractivity contribution in [2.24, 2.45) is 0 Å². The van der Waals surface area contributed by atoms with E-state index in [0.717, 1.165) is 13.0 Å². The van der Waals surface area contributed by atoms with E-state index in [4.69, 9.17) is 9.47 Å². The van der Waals surface area contributed by atoms with Crippen LogP contribution in [0.15, 0.2) is 41.3 Å². The molecule has 0 saturated heterocycles. The van der Waals surface area contributed by atoms with Gasteiger partial charge in [0.15, 0.2) is 0 Å². The average molecular weight is 480 g/mol. The lowest BCUT2D eigenvalue weighted by Crippen LogP contribution is -2.21. The number of alkyl halides is 2. The van der Waals surface area contributed by atoms with Gasteiger partial charge in [-0.3, -0.25) is 4.72 Å². The minimum atomic E-state index is -3.96. The number of aromatic nitrogens is 1. The molecule has 0 unspecified atom stereocenters. The molecular weight excluding hydrogens is 452 g/mol. The van der Waals surface area contributed by atoms with Crippen LogP contribution in [0.2, 0.25) is 0 Å². The number of pyridine rings is 1. The van der Waals surface area contributed by atoms with Gasteiger partial charge in [-0.1, -0.05) is 26.0 Å². The van der Waals surface area contributed by atoms with Crippen LogP contribution in [0.25, 0.3) is 0 Å². The smallest absolute Gasteiger partial charge is 0.262 e. The molecule has 0 amide bonds. The predicted molar refractivity (Wildman–Crippen MR) is 118 cm³/mol. The molecule has 2 aromatic rings. The molecule has 0 spiro atoms. The maximum absolute atomic E-state index is 12.8. The molecule has 1 aromatic heterocycles. The molecule has 0 fully saturated rings. The van der Waals surface area contributed by atoms with Crippen molar-refractivity contribution in [2.45, 2.75) is 37.5 Å². The van der Waals surface area contributed by atoms with Crippen LogP contribution in [0.1, 0.15) is 31.7 Å². The predicted octanol–water partition coefficient (Wildman–Crippen LogP) is 4.06. The zero-order valence-electron chi connectivity index (χ0n) is 17.6. The quantitative estimate of drug-likeness (QED) is 0.446. The van der Waals surface area contributed by atoms with E-state index in [1.807, 2.05) is 0 Å². The van der Waals surface area contributed by atoms with E-state index in [2.05, 4.69) is 21.9 Å². The number of ether oxygens (including phenoxy) is 2. The van der Waals surface area contributed by atoms with Crippen molar-refractivity contribution in [1.29, 1.82) is 0 Å². The number of hydrogen-bond donors (Lipinski definition) is 2. The molecular formula is C20H28ClF2N3O4S. The van der Waals surface area contributed by atoms with Gasteiger partial charge in [-0.2, -0.15) is 4.98 Å². The van der Waals surface area contributed by atoms with E-state index in [-0.39, 0.29) is 28.9 Å². The summed E-state index contributed by atoms with van der Waals surface area (Å²) in [5.74, 6) is -0.623. The van der Waals surface area contributed by atoms with Crippen LogP contribution in [0.3, 0.4) is 0 Å². The van der Waals surface area contributed by atoms with Gasteiger partial charge in [0.05, 0.1) is 12.0 Å². The molecule has 31 heavy (non-hydrogen) atoms. The first-order chi connectivity index (χ1) is 14.3. The summed E-state index contributed by atoms with van der Waals surface area (Å²) < 4.78 is 64.1. The van der Waals surface area contributed by atoms with E-state index in [0.29, 0.717) is 24.6 Å². The first-order valence-corrected chi connectivity index (χ1v) is 11.1. The second-order valence-corrected chi connectivity index (χ2v) is 8.28. The van der Waals surface area contributed by atoms with Crippen molar-refractivity contribution in [1.82, 2.24) is 10.3 Å². The highest BCUT2D eigenvalue weighted by molar-refractivity contribution is 7.92. The summed E-state index contributed by atoms with van der Waals surface area (Å²) in [5, 5.41) is 3.19. The monoisotopic (exact) mass is 479 g/mol. The third-order valence-electron chi connectivity index (χ3n) is 4.32. The molecule has 1 atom stereocenters. The van der Waals surface area contributed by atoms with E-state index in [1.54, 1.807) is 0 Å². The van der Waals surface area contributed by atoms with Gasteiger partial charge in [-0.25, -0.2) is 17.2 Å². The highest BCUT2D eigenvalue weighted by Gasteiger charge is 2.20. The molecule has 174 valence electrons. The fraction of sp³-hybridized carbons (Fsp3) is 0.450. The fourth-order valence-corrected chi connectivity index (χ4v) is 3.62. The van der Waals surface area contributed by atoms with Gasteiger partial charge in [-0.05, 0) is 36.7 Å². The lowest BCUT2D eigenvalue weighted by atomic mass is 10.0. The Balaban J connectivity index is 0.00000480. The first-order valence-electron chi connectivity index (χ1n) is 9.58. The summed E-state index contributed by atoms with van der Waals surface area (Å²) in [5.41, 5.74) is 0.497. The number of methoxy groups -OCH3 is 1. The van der Waals surface area contributed by atoms with E-state index >= 15 is 0 Å². The van der Waals surface area contributed by atoms with Crippen LogP contribution in [-0.2, 0) is 10.0 Å². The zero-order valence-corrected chi connectivity index (χ0v) is 19.2. The molecule has 0 aliphatic rings. The van der Waals surface area contributed by atoms with Crippen molar-refractivity contribution in [3.63, 3.8) is 0 Å². The molecule has 0 saturated carbocycles. The third kappa shape index (κ3) is 7.79. The van der Waals surface area contributed by atoms with Crippen molar-refractivity contribution in [2.75, 3.05) is 31.5 Å². The minimum Gasteiger partial charge on any atom is -0.479 e. The maximum Gasteiger partial charge on any atom is 0.262 e. The Morgan fingerprint density at radius 1 is 1.10 bits per heavy atom. The van der Waals surface area contributed by atoms with Crippen LogP contribution in [0.4, 0.5) is 14.5 Å². The normalized spacial score (nSPS) is 12.2. The summed E-state index contributed by atoms with van der Waals surface area (Å²) in [6.07, 6.45) is -1.50. The number of nitrogens with zero attached hydrogens (tertiary/aromatic N) is 1. The lowest BCUT2D eigenvalue weighted by molar-refractivity contribution is 0.121. The minimum absolute atomic E-state index is 0. The Morgan fingerprint density at radius 3 is 2.35 bits per heavy atom. The average Bonchev–Trinajstić information content (AvgIpc) is 2.73. The number of halogens is 3. The van der Waals surface area contributed by atoms with Crippen molar-refractivity contribution in [3.8, 4) is 11.8 Å². The Bertz CT molecular complexity index is 915. The SMILES string of the molecule is CCCNCCOc1ccc(NS(=O)(=O)c2ccc([C@H](C)C(F)F)cc2)c(OC)n1.Cl. The number of sulfonamides is 1. The van der Waals surface area contributed by atoms with Crippen molar-refractivity contribution < 1.29 is 26.7 Å². The van der Waals surface area contributed by atoms with E-state index in [1.165, 1.54) is 50.4 Å². The summed E-state index contributed by atoms with van der Waals surface area (Å²) in [7, 11) is -2.59. The van der Waals surface area contributed by atoms with E-state index < -0.39 is 22.4 Å². The van der Waals surface area contributed by atoms with Crippen LogP contribution in [-0.4, -0.2) is 46.6 Å². The van der Waals surface area contributed by atoms with Crippen LogP contribution in [0.5, 0.6) is 11.8 Å². The first kappa shape index (κ1) is 26.9. The molecule has 0 bridgehead atoms. The van der Waals surface area contributed by atoms with E-state index in [9.17, 15) is 17.2 Å². The molecule has 0 radical (unpaired) electrons. The third-order valence-corrected chi connectivity index (χ3v) is 5.70. The van der Waals surface area contributed by atoms with Gasteiger partial charge in [0.2, 0.25) is 18.2 Å². The van der Waals surface area contributed by atoms with Gasteiger partial charge in [0.25, 0.3) is 10.0 Å². The Morgan fingerprint density at radius 2 is 1.77 bits per heavy atom. The number of hydrogen-bond acceptors (Lipinski definition) is 6. The molecule has 2 N–H and O–H groups in total.